The van der Waals surface area contributed by atoms with E-state index in [1.807, 2.05) is 24.3 Å². The van der Waals surface area contributed by atoms with Gasteiger partial charge in [0.15, 0.2) is 0 Å². The standard InChI is InChI=1S/C25H28N2O5/c1-16(13-23(28)27-12-6-7-17(27)14-24(29)30)26-25(31)32-15-22-20-10-4-2-8-18(20)19-9-3-5-11-21(19)22/h2-5,8-11,16-17,22H,6-7,12-15H2,1H3,(H,26,31)(H,29,30)/t16?,17-/m1/s1. The number of rotatable bonds is 7. The average Bonchev–Trinajstić information content (AvgIpc) is 3.34. The third kappa shape index (κ3) is 4.61. The summed E-state index contributed by atoms with van der Waals surface area (Å²) in [4.78, 5) is 37.7. The maximum atomic E-state index is 12.6. The van der Waals surface area contributed by atoms with Crippen molar-refractivity contribution >= 4 is 18.0 Å². The Kier molecular flexibility index (Phi) is 6.44. The smallest absolute Gasteiger partial charge is 0.407 e. The number of nitrogens with one attached hydrogen (secondary N) is 1. The Morgan fingerprint density at radius 1 is 1.09 bits per heavy atom. The Morgan fingerprint density at radius 2 is 1.72 bits per heavy atom. The Morgan fingerprint density at radius 3 is 2.34 bits per heavy atom. The third-order valence-corrected chi connectivity index (χ3v) is 6.30. The first kappa shape index (κ1) is 21.9. The Hall–Kier alpha value is -3.35. The van der Waals surface area contributed by atoms with Gasteiger partial charge in [0.1, 0.15) is 6.61 Å². The number of aliphatic carboxylic acids is 1. The van der Waals surface area contributed by atoms with E-state index in [2.05, 4.69) is 29.6 Å². The lowest BCUT2D eigenvalue weighted by Gasteiger charge is -2.25. The molecule has 2 amide bonds. The van der Waals surface area contributed by atoms with Gasteiger partial charge >= 0.3 is 12.1 Å². The number of carbonyl (C=O) groups excluding carboxylic acids is 2. The molecule has 0 aromatic heterocycles. The molecule has 0 spiro atoms. The number of ether oxygens (including phenoxy) is 1. The highest BCUT2D eigenvalue weighted by atomic mass is 16.5. The fourth-order valence-electron chi connectivity index (χ4n) is 4.85. The van der Waals surface area contributed by atoms with Crippen LogP contribution in [0.1, 0.15) is 49.7 Å². The molecule has 2 aliphatic rings. The lowest BCUT2D eigenvalue weighted by atomic mass is 9.98. The second-order valence-electron chi connectivity index (χ2n) is 8.56. The Labute approximate surface area is 187 Å². The SMILES string of the molecule is CC(CC(=O)N1CCC[C@@H]1CC(=O)O)NC(=O)OCC1c2ccccc2-c2ccccc21. The molecule has 1 saturated heterocycles. The van der Waals surface area contributed by atoms with Gasteiger partial charge in [0.25, 0.3) is 0 Å². The van der Waals surface area contributed by atoms with E-state index in [0.29, 0.717) is 13.0 Å². The number of fused-ring (bicyclic) bond motifs is 3. The number of hydrogen-bond donors (Lipinski definition) is 2. The summed E-state index contributed by atoms with van der Waals surface area (Å²) in [5.74, 6) is -1.06. The minimum Gasteiger partial charge on any atom is -0.481 e. The van der Waals surface area contributed by atoms with Crippen molar-refractivity contribution in [3.63, 3.8) is 0 Å². The van der Waals surface area contributed by atoms with Crippen molar-refractivity contribution in [2.24, 2.45) is 0 Å². The first-order valence-electron chi connectivity index (χ1n) is 11.1. The molecule has 2 N–H and O–H groups in total. The number of hydrogen-bond acceptors (Lipinski definition) is 4. The Bertz CT molecular complexity index is 975. The monoisotopic (exact) mass is 436 g/mol. The molecule has 2 aromatic carbocycles. The van der Waals surface area contributed by atoms with Gasteiger partial charge < -0.3 is 20.1 Å². The summed E-state index contributed by atoms with van der Waals surface area (Å²) in [5, 5.41) is 11.8. The summed E-state index contributed by atoms with van der Waals surface area (Å²) in [6.45, 7) is 2.53. The molecule has 1 aliphatic carbocycles. The van der Waals surface area contributed by atoms with Crippen molar-refractivity contribution in [1.82, 2.24) is 10.2 Å². The quantitative estimate of drug-likeness (QED) is 0.689. The highest BCUT2D eigenvalue weighted by Gasteiger charge is 2.32. The van der Waals surface area contributed by atoms with Crippen molar-refractivity contribution in [2.45, 2.75) is 50.6 Å². The number of benzene rings is 2. The van der Waals surface area contributed by atoms with Crippen molar-refractivity contribution in [3.05, 3.63) is 59.7 Å². The van der Waals surface area contributed by atoms with Gasteiger partial charge in [0, 0.05) is 31.0 Å². The molecule has 168 valence electrons. The molecule has 0 saturated carbocycles. The molecular weight excluding hydrogens is 408 g/mol. The van der Waals surface area contributed by atoms with Crippen LogP contribution in [0.3, 0.4) is 0 Å². The average molecular weight is 437 g/mol. The van der Waals surface area contributed by atoms with Crippen molar-refractivity contribution in [3.8, 4) is 11.1 Å². The fourth-order valence-corrected chi connectivity index (χ4v) is 4.85. The highest BCUT2D eigenvalue weighted by Crippen LogP contribution is 2.44. The molecule has 4 rings (SSSR count). The van der Waals surface area contributed by atoms with Crippen LogP contribution in [0.15, 0.2) is 48.5 Å². The molecular formula is C25H28N2O5. The summed E-state index contributed by atoms with van der Waals surface area (Å²) in [7, 11) is 0. The zero-order valence-electron chi connectivity index (χ0n) is 18.1. The zero-order chi connectivity index (χ0) is 22.7. The zero-order valence-corrected chi connectivity index (χ0v) is 18.1. The minimum absolute atomic E-state index is 0.0218. The van der Waals surface area contributed by atoms with Gasteiger partial charge in [-0.1, -0.05) is 48.5 Å². The van der Waals surface area contributed by atoms with E-state index in [1.54, 1.807) is 11.8 Å². The van der Waals surface area contributed by atoms with Crippen LogP contribution in [-0.4, -0.2) is 53.2 Å². The predicted octanol–water partition coefficient (Wildman–Crippen LogP) is 3.77. The van der Waals surface area contributed by atoms with Gasteiger partial charge in [-0.15, -0.1) is 0 Å². The van der Waals surface area contributed by atoms with E-state index < -0.39 is 18.1 Å². The predicted molar refractivity (Wildman–Crippen MR) is 119 cm³/mol. The van der Waals surface area contributed by atoms with Crippen LogP contribution in [0.25, 0.3) is 11.1 Å². The maximum absolute atomic E-state index is 12.6. The summed E-state index contributed by atoms with van der Waals surface area (Å²) < 4.78 is 5.54. The number of amides is 2. The number of alkyl carbamates (subject to hydrolysis) is 1. The lowest BCUT2D eigenvalue weighted by molar-refractivity contribution is -0.140. The van der Waals surface area contributed by atoms with Crippen molar-refractivity contribution < 1.29 is 24.2 Å². The minimum atomic E-state index is -0.903. The van der Waals surface area contributed by atoms with Gasteiger partial charge in [-0.05, 0) is 42.0 Å². The molecule has 2 aromatic rings. The van der Waals surface area contributed by atoms with Crippen LogP contribution in [0, 0.1) is 0 Å². The van der Waals surface area contributed by atoms with Crippen molar-refractivity contribution in [1.29, 1.82) is 0 Å². The molecule has 1 fully saturated rings. The van der Waals surface area contributed by atoms with Gasteiger partial charge in [0.05, 0.1) is 6.42 Å². The number of likely N-dealkylation sites (tertiary alicyclic amines) is 1. The van der Waals surface area contributed by atoms with Crippen LogP contribution in [-0.2, 0) is 14.3 Å². The lowest BCUT2D eigenvalue weighted by Crippen LogP contribution is -2.42. The van der Waals surface area contributed by atoms with Crippen LogP contribution >= 0.6 is 0 Å². The maximum Gasteiger partial charge on any atom is 0.407 e. The second kappa shape index (κ2) is 9.42. The van der Waals surface area contributed by atoms with Crippen LogP contribution in [0.2, 0.25) is 0 Å². The van der Waals surface area contributed by atoms with E-state index in [1.165, 1.54) is 0 Å². The molecule has 0 bridgehead atoms. The van der Waals surface area contributed by atoms with E-state index in [9.17, 15) is 14.4 Å². The van der Waals surface area contributed by atoms with E-state index in [-0.39, 0.29) is 37.3 Å². The Balaban J connectivity index is 1.31. The van der Waals surface area contributed by atoms with Gasteiger partial charge in [-0.25, -0.2) is 4.79 Å². The van der Waals surface area contributed by atoms with Crippen molar-refractivity contribution in [2.75, 3.05) is 13.2 Å². The number of carboxylic acid groups (broad SMARTS) is 1. The summed E-state index contributed by atoms with van der Waals surface area (Å²) in [6.07, 6.45) is 1.01. The molecule has 2 atom stereocenters. The van der Waals surface area contributed by atoms with E-state index >= 15 is 0 Å². The molecule has 32 heavy (non-hydrogen) atoms. The van der Waals surface area contributed by atoms with Crippen LogP contribution in [0.4, 0.5) is 4.79 Å². The molecule has 0 radical (unpaired) electrons. The van der Waals surface area contributed by atoms with Gasteiger partial charge in [-0.2, -0.15) is 0 Å². The highest BCUT2D eigenvalue weighted by molar-refractivity contribution is 5.80. The van der Waals surface area contributed by atoms with E-state index in [4.69, 9.17) is 9.84 Å². The van der Waals surface area contributed by atoms with Gasteiger partial charge in [0.2, 0.25) is 5.91 Å². The fraction of sp³-hybridized carbons (Fsp3) is 0.400. The number of carboxylic acids is 1. The molecule has 1 heterocycles. The topological polar surface area (TPSA) is 95.9 Å². The van der Waals surface area contributed by atoms with E-state index in [0.717, 1.165) is 28.7 Å². The second-order valence-corrected chi connectivity index (χ2v) is 8.56. The largest absolute Gasteiger partial charge is 0.481 e. The first-order chi connectivity index (χ1) is 15.4. The molecule has 1 unspecified atom stereocenters. The molecule has 7 heteroatoms. The number of nitrogens with zero attached hydrogens (tertiary/aromatic N) is 1. The summed E-state index contributed by atoms with van der Waals surface area (Å²) >= 11 is 0. The summed E-state index contributed by atoms with van der Waals surface area (Å²) in [6, 6.07) is 15.6. The number of carbonyl (C=O) groups is 3. The normalized spacial score (nSPS) is 18.0. The molecule has 7 nitrogen and oxygen atoms in total. The third-order valence-electron chi connectivity index (χ3n) is 6.30. The summed E-state index contributed by atoms with van der Waals surface area (Å²) in [5.41, 5.74) is 4.61. The van der Waals surface area contributed by atoms with Crippen LogP contribution in [0.5, 0.6) is 0 Å². The molecule has 1 aliphatic heterocycles. The first-order valence-corrected chi connectivity index (χ1v) is 11.1. The van der Waals surface area contributed by atoms with Gasteiger partial charge in [-0.3, -0.25) is 9.59 Å². The van der Waals surface area contributed by atoms with Crippen LogP contribution < -0.4 is 5.32 Å².